The standard InChI is InChI=1S/C22H25N3O6.ClH/c1-14(26)23-17-6-4-16(22(28)29)12-18(17)24-8-10-25(11-9-24)21(27)15-5-7-19(30-2)20(13-15)31-3;/h4-7,12-13H,8-11H2,1-3H3,(H,23,26)(H,28,29);1H. The molecule has 9 nitrogen and oxygen atoms in total. The van der Waals surface area contributed by atoms with E-state index in [4.69, 9.17) is 9.47 Å². The van der Waals surface area contributed by atoms with Crippen LogP contribution in [0.1, 0.15) is 27.6 Å². The number of carboxylic acid groups (broad SMARTS) is 1. The van der Waals surface area contributed by atoms with E-state index < -0.39 is 5.97 Å². The van der Waals surface area contributed by atoms with Crippen molar-refractivity contribution >= 4 is 41.6 Å². The monoisotopic (exact) mass is 463 g/mol. The molecule has 2 aromatic carbocycles. The van der Waals surface area contributed by atoms with Gasteiger partial charge in [0.1, 0.15) is 0 Å². The van der Waals surface area contributed by atoms with Crippen molar-refractivity contribution in [2.75, 3.05) is 50.6 Å². The van der Waals surface area contributed by atoms with E-state index >= 15 is 0 Å². The van der Waals surface area contributed by atoms with E-state index in [-0.39, 0.29) is 29.8 Å². The van der Waals surface area contributed by atoms with E-state index in [1.54, 1.807) is 35.2 Å². The number of aromatic carboxylic acids is 1. The van der Waals surface area contributed by atoms with Gasteiger partial charge in [0.2, 0.25) is 5.91 Å². The smallest absolute Gasteiger partial charge is 0.335 e. The molecule has 0 spiro atoms. The van der Waals surface area contributed by atoms with Gasteiger partial charge in [0.25, 0.3) is 5.91 Å². The molecule has 0 aromatic heterocycles. The van der Waals surface area contributed by atoms with Crippen LogP contribution < -0.4 is 19.7 Å². The maximum atomic E-state index is 12.9. The highest BCUT2D eigenvalue weighted by atomic mass is 35.5. The molecular formula is C22H26ClN3O6. The van der Waals surface area contributed by atoms with Crippen LogP contribution in [0.15, 0.2) is 36.4 Å². The summed E-state index contributed by atoms with van der Waals surface area (Å²) in [5.41, 5.74) is 1.79. The third-order valence-electron chi connectivity index (χ3n) is 5.09. The first kappa shape index (κ1) is 24.8. The van der Waals surface area contributed by atoms with Gasteiger partial charge in [-0.25, -0.2) is 4.79 Å². The average Bonchev–Trinajstić information content (AvgIpc) is 2.78. The first-order valence-corrected chi connectivity index (χ1v) is 9.75. The molecule has 0 aliphatic carbocycles. The van der Waals surface area contributed by atoms with Crippen LogP contribution in [0.25, 0.3) is 0 Å². The van der Waals surface area contributed by atoms with Crippen molar-refractivity contribution in [3.8, 4) is 11.5 Å². The number of rotatable bonds is 6. The normalized spacial score (nSPS) is 13.1. The Bertz CT molecular complexity index is 1010. The Morgan fingerprint density at radius 2 is 1.53 bits per heavy atom. The van der Waals surface area contributed by atoms with Crippen LogP contribution in [0.2, 0.25) is 0 Å². The Morgan fingerprint density at radius 1 is 0.906 bits per heavy atom. The minimum atomic E-state index is -1.04. The Kier molecular flexibility index (Phi) is 8.31. The van der Waals surface area contributed by atoms with E-state index in [0.29, 0.717) is 54.6 Å². The summed E-state index contributed by atoms with van der Waals surface area (Å²) in [5.74, 6) is -0.378. The number of carboxylic acids is 1. The summed E-state index contributed by atoms with van der Waals surface area (Å²) >= 11 is 0. The molecule has 2 N–H and O–H groups in total. The van der Waals surface area contributed by atoms with Gasteiger partial charge in [-0.2, -0.15) is 0 Å². The van der Waals surface area contributed by atoms with Crippen LogP contribution >= 0.6 is 12.4 Å². The third-order valence-corrected chi connectivity index (χ3v) is 5.09. The number of ether oxygens (including phenoxy) is 2. The molecule has 1 aliphatic heterocycles. The number of hydrogen-bond donors (Lipinski definition) is 2. The highest BCUT2D eigenvalue weighted by molar-refractivity contribution is 5.97. The molecule has 0 radical (unpaired) electrons. The number of carbonyl (C=O) groups excluding carboxylic acids is 2. The molecule has 3 rings (SSSR count). The molecule has 1 aliphatic rings. The van der Waals surface area contributed by atoms with Crippen molar-refractivity contribution < 1.29 is 29.0 Å². The number of halogens is 1. The fraction of sp³-hybridized carbons (Fsp3) is 0.318. The molecule has 32 heavy (non-hydrogen) atoms. The lowest BCUT2D eigenvalue weighted by Gasteiger charge is -2.37. The molecular weight excluding hydrogens is 438 g/mol. The highest BCUT2D eigenvalue weighted by Crippen LogP contribution is 2.30. The van der Waals surface area contributed by atoms with Gasteiger partial charge in [-0.05, 0) is 36.4 Å². The first-order valence-electron chi connectivity index (χ1n) is 9.75. The van der Waals surface area contributed by atoms with Crippen LogP contribution in [0, 0.1) is 0 Å². The zero-order valence-corrected chi connectivity index (χ0v) is 18.9. The summed E-state index contributed by atoms with van der Waals surface area (Å²) in [6.07, 6.45) is 0. The van der Waals surface area contributed by atoms with E-state index in [1.165, 1.54) is 27.2 Å². The lowest BCUT2D eigenvalue weighted by molar-refractivity contribution is -0.114. The second kappa shape index (κ2) is 10.7. The maximum absolute atomic E-state index is 12.9. The zero-order chi connectivity index (χ0) is 22.5. The topological polar surface area (TPSA) is 108 Å². The van der Waals surface area contributed by atoms with Crippen molar-refractivity contribution in [3.05, 3.63) is 47.5 Å². The van der Waals surface area contributed by atoms with E-state index in [1.807, 2.05) is 4.90 Å². The summed E-state index contributed by atoms with van der Waals surface area (Å²) in [4.78, 5) is 39.6. The highest BCUT2D eigenvalue weighted by Gasteiger charge is 2.25. The summed E-state index contributed by atoms with van der Waals surface area (Å²) < 4.78 is 10.5. The molecule has 0 unspecified atom stereocenters. The van der Waals surface area contributed by atoms with Crippen LogP contribution in [0.4, 0.5) is 11.4 Å². The number of anilines is 2. The Labute approximate surface area is 192 Å². The average molecular weight is 464 g/mol. The van der Waals surface area contributed by atoms with Gasteiger partial charge >= 0.3 is 5.97 Å². The van der Waals surface area contributed by atoms with Gasteiger partial charge in [0, 0.05) is 38.7 Å². The zero-order valence-electron chi connectivity index (χ0n) is 18.1. The van der Waals surface area contributed by atoms with E-state index in [2.05, 4.69) is 5.32 Å². The number of piperazine rings is 1. The molecule has 1 heterocycles. The molecule has 0 bridgehead atoms. The van der Waals surface area contributed by atoms with Crippen LogP contribution in [0.3, 0.4) is 0 Å². The predicted octanol–water partition coefficient (Wildman–Crippen LogP) is 2.74. The molecule has 0 atom stereocenters. The van der Waals surface area contributed by atoms with Crippen molar-refractivity contribution in [2.24, 2.45) is 0 Å². The minimum Gasteiger partial charge on any atom is -0.493 e. The van der Waals surface area contributed by atoms with Gasteiger partial charge < -0.3 is 29.7 Å². The Hall–Kier alpha value is -3.46. The van der Waals surface area contributed by atoms with E-state index in [9.17, 15) is 19.5 Å². The molecule has 2 aromatic rings. The predicted molar refractivity (Wildman–Crippen MR) is 123 cm³/mol. The molecule has 10 heteroatoms. The minimum absolute atomic E-state index is 0. The van der Waals surface area contributed by atoms with Gasteiger partial charge in [-0.1, -0.05) is 0 Å². The number of benzene rings is 2. The lowest BCUT2D eigenvalue weighted by Crippen LogP contribution is -2.49. The molecule has 1 saturated heterocycles. The number of carbonyl (C=O) groups is 3. The first-order chi connectivity index (χ1) is 14.8. The van der Waals surface area contributed by atoms with Gasteiger partial charge in [-0.3, -0.25) is 9.59 Å². The van der Waals surface area contributed by atoms with Gasteiger partial charge in [-0.15, -0.1) is 12.4 Å². The van der Waals surface area contributed by atoms with Crippen molar-refractivity contribution in [1.82, 2.24) is 4.90 Å². The van der Waals surface area contributed by atoms with Crippen molar-refractivity contribution in [3.63, 3.8) is 0 Å². The van der Waals surface area contributed by atoms with Gasteiger partial charge in [0.05, 0.1) is 31.2 Å². The van der Waals surface area contributed by atoms with Crippen molar-refractivity contribution in [2.45, 2.75) is 6.92 Å². The van der Waals surface area contributed by atoms with Crippen LogP contribution in [0.5, 0.6) is 11.5 Å². The van der Waals surface area contributed by atoms with E-state index in [0.717, 1.165) is 0 Å². The largest absolute Gasteiger partial charge is 0.493 e. The molecule has 172 valence electrons. The summed E-state index contributed by atoms with van der Waals surface area (Å²) in [7, 11) is 3.05. The lowest BCUT2D eigenvalue weighted by atomic mass is 10.1. The fourth-order valence-corrected chi connectivity index (χ4v) is 3.52. The number of methoxy groups -OCH3 is 2. The van der Waals surface area contributed by atoms with Gasteiger partial charge in [0.15, 0.2) is 11.5 Å². The second-order valence-electron chi connectivity index (χ2n) is 7.07. The molecule has 0 saturated carbocycles. The SMILES string of the molecule is COc1ccc(C(=O)N2CCN(c3cc(C(=O)O)ccc3NC(C)=O)CC2)cc1OC.Cl. The maximum Gasteiger partial charge on any atom is 0.335 e. The summed E-state index contributed by atoms with van der Waals surface area (Å²) in [6.45, 7) is 3.28. The summed E-state index contributed by atoms with van der Waals surface area (Å²) in [6, 6.07) is 9.62. The number of nitrogens with zero attached hydrogens (tertiary/aromatic N) is 2. The number of nitrogens with one attached hydrogen (secondary N) is 1. The Morgan fingerprint density at radius 3 is 2.09 bits per heavy atom. The summed E-state index contributed by atoms with van der Waals surface area (Å²) in [5, 5.41) is 12.1. The Balaban J connectivity index is 0.00000363. The number of amides is 2. The van der Waals surface area contributed by atoms with Crippen molar-refractivity contribution in [1.29, 1.82) is 0 Å². The second-order valence-corrected chi connectivity index (χ2v) is 7.07. The number of hydrogen-bond acceptors (Lipinski definition) is 6. The molecule has 2 amide bonds. The van der Waals surface area contributed by atoms with Crippen LogP contribution in [-0.4, -0.2) is 68.2 Å². The quantitative estimate of drug-likeness (QED) is 0.678. The fourth-order valence-electron chi connectivity index (χ4n) is 3.52. The van der Waals surface area contributed by atoms with Crippen LogP contribution in [-0.2, 0) is 4.79 Å². The third kappa shape index (κ3) is 5.42. The molecule has 1 fully saturated rings.